The average molecular weight is 191 g/mol. The van der Waals surface area contributed by atoms with Crippen molar-refractivity contribution in [3.8, 4) is 0 Å². The first-order valence-electron chi connectivity index (χ1n) is 4.94. The Morgan fingerprint density at radius 1 is 1.07 bits per heavy atom. The number of aromatic nitrogens is 1. The van der Waals surface area contributed by atoms with Crippen molar-refractivity contribution in [1.29, 1.82) is 0 Å². The van der Waals surface area contributed by atoms with Gasteiger partial charge in [-0.1, -0.05) is 24.3 Å². The summed E-state index contributed by atoms with van der Waals surface area (Å²) in [5.41, 5.74) is 3.19. The fraction of sp³-hybridized carbons (Fsp3) is 0.0714. The number of rotatable bonds is 0. The first-order valence-corrected chi connectivity index (χ1v) is 4.94. The van der Waals surface area contributed by atoms with E-state index in [2.05, 4.69) is 30.1 Å². The molecular weight excluding hydrogens is 182 g/mol. The summed E-state index contributed by atoms with van der Waals surface area (Å²) in [6.07, 6.45) is 0. The van der Waals surface area contributed by atoms with E-state index in [1.807, 2.05) is 30.3 Å². The van der Waals surface area contributed by atoms with Crippen LogP contribution >= 0.6 is 0 Å². The number of para-hydroxylation sites is 1. The zero-order valence-electron chi connectivity index (χ0n) is 8.41. The zero-order valence-corrected chi connectivity index (χ0v) is 8.41. The molecule has 0 aliphatic rings. The largest absolute Gasteiger partial charge is 0.239 e. The fourth-order valence-electron chi connectivity index (χ4n) is 1.93. The van der Waals surface area contributed by atoms with Gasteiger partial charge in [0.15, 0.2) is 0 Å². The van der Waals surface area contributed by atoms with Gasteiger partial charge in [0.2, 0.25) is 0 Å². The highest BCUT2D eigenvalue weighted by molar-refractivity contribution is 5.96. The van der Waals surface area contributed by atoms with Gasteiger partial charge >= 0.3 is 0 Å². The van der Waals surface area contributed by atoms with Crippen LogP contribution in [0.1, 0.15) is 5.56 Å². The van der Waals surface area contributed by atoms with Crippen LogP contribution in [0.15, 0.2) is 36.4 Å². The third kappa shape index (κ3) is 1.15. The van der Waals surface area contributed by atoms with Crippen LogP contribution in [0.2, 0.25) is 0 Å². The SMILES string of the molecule is Cc1c2ccc#cc2nc2ccccc12. The first-order chi connectivity index (χ1) is 7.36. The third-order valence-corrected chi connectivity index (χ3v) is 2.72. The van der Waals surface area contributed by atoms with Crippen molar-refractivity contribution in [2.24, 2.45) is 0 Å². The summed E-state index contributed by atoms with van der Waals surface area (Å²) in [4.78, 5) is 4.55. The molecule has 0 unspecified atom stereocenters. The predicted octanol–water partition coefficient (Wildman–Crippen LogP) is 3.30. The molecule has 0 fully saturated rings. The lowest BCUT2D eigenvalue weighted by Crippen LogP contribution is -1.85. The molecule has 0 aliphatic carbocycles. The normalized spacial score (nSPS) is 10.5. The van der Waals surface area contributed by atoms with Crippen LogP contribution in [0, 0.1) is 19.1 Å². The van der Waals surface area contributed by atoms with E-state index >= 15 is 0 Å². The van der Waals surface area contributed by atoms with Gasteiger partial charge in [0.05, 0.1) is 5.52 Å². The molecule has 1 heteroatoms. The Morgan fingerprint density at radius 3 is 2.87 bits per heavy atom. The molecule has 0 spiro atoms. The van der Waals surface area contributed by atoms with Gasteiger partial charge in [-0.2, -0.15) is 0 Å². The van der Waals surface area contributed by atoms with Gasteiger partial charge in [0.1, 0.15) is 5.52 Å². The van der Waals surface area contributed by atoms with Gasteiger partial charge in [0.25, 0.3) is 0 Å². The van der Waals surface area contributed by atoms with Crippen molar-refractivity contribution >= 4 is 21.8 Å². The maximum atomic E-state index is 4.55. The van der Waals surface area contributed by atoms with Crippen LogP contribution in [-0.2, 0) is 0 Å². The highest BCUT2D eigenvalue weighted by Crippen LogP contribution is 2.23. The number of hydrogen-bond acceptors (Lipinski definition) is 1. The van der Waals surface area contributed by atoms with E-state index in [1.165, 1.54) is 10.9 Å². The molecule has 1 aromatic heterocycles. The molecular formula is C14H9N. The van der Waals surface area contributed by atoms with E-state index in [9.17, 15) is 0 Å². The third-order valence-electron chi connectivity index (χ3n) is 2.72. The van der Waals surface area contributed by atoms with Crippen LogP contribution in [0.3, 0.4) is 0 Å². The summed E-state index contributed by atoms with van der Waals surface area (Å²) in [5, 5.41) is 2.37. The number of aryl methyl sites for hydroxylation is 1. The van der Waals surface area contributed by atoms with E-state index in [0.717, 1.165) is 16.4 Å². The van der Waals surface area contributed by atoms with E-state index in [-0.39, 0.29) is 0 Å². The van der Waals surface area contributed by atoms with E-state index in [4.69, 9.17) is 0 Å². The molecule has 3 rings (SSSR count). The van der Waals surface area contributed by atoms with Crippen LogP contribution in [-0.4, -0.2) is 4.98 Å². The van der Waals surface area contributed by atoms with Gasteiger partial charge in [-0.15, -0.1) is 0 Å². The molecule has 0 radical (unpaired) electrons. The van der Waals surface area contributed by atoms with Crippen molar-refractivity contribution in [2.75, 3.05) is 0 Å². The molecule has 0 amide bonds. The maximum absolute atomic E-state index is 4.55. The van der Waals surface area contributed by atoms with Gasteiger partial charge < -0.3 is 0 Å². The summed E-state index contributed by atoms with van der Waals surface area (Å²) in [6.45, 7) is 2.13. The molecule has 0 N–H and O–H groups in total. The molecule has 15 heavy (non-hydrogen) atoms. The van der Waals surface area contributed by atoms with Crippen molar-refractivity contribution in [3.05, 3.63) is 54.1 Å². The average Bonchev–Trinajstić information content (AvgIpc) is 2.30. The highest BCUT2D eigenvalue weighted by atomic mass is 14.7. The summed E-state index contributed by atoms with van der Waals surface area (Å²) < 4.78 is 0. The van der Waals surface area contributed by atoms with Crippen molar-refractivity contribution < 1.29 is 0 Å². The number of benzene rings is 1. The number of hydrogen-bond donors (Lipinski definition) is 0. The first kappa shape index (κ1) is 8.26. The molecule has 3 aromatic rings. The number of nitrogens with zero attached hydrogens (tertiary/aromatic N) is 1. The van der Waals surface area contributed by atoms with Gasteiger partial charge in [-0.3, -0.25) is 0 Å². The second kappa shape index (κ2) is 2.96. The lowest BCUT2D eigenvalue weighted by atomic mass is 10.1. The van der Waals surface area contributed by atoms with E-state index in [1.54, 1.807) is 0 Å². The fourth-order valence-corrected chi connectivity index (χ4v) is 1.93. The topological polar surface area (TPSA) is 12.9 Å². The van der Waals surface area contributed by atoms with Crippen LogP contribution in [0.4, 0.5) is 0 Å². The molecule has 0 bridgehead atoms. The molecule has 1 nitrogen and oxygen atoms in total. The molecule has 0 atom stereocenters. The maximum Gasteiger partial charge on any atom is 0.121 e. The minimum absolute atomic E-state index is 0.897. The molecule has 0 aliphatic heterocycles. The Bertz CT molecular complexity index is 587. The quantitative estimate of drug-likeness (QED) is 0.531. The molecule has 2 aromatic carbocycles. The van der Waals surface area contributed by atoms with Gasteiger partial charge in [-0.05, 0) is 36.8 Å². The van der Waals surface area contributed by atoms with Gasteiger partial charge in [-0.25, -0.2) is 4.98 Å². The molecule has 0 saturated heterocycles. The summed E-state index contributed by atoms with van der Waals surface area (Å²) >= 11 is 0. The highest BCUT2D eigenvalue weighted by Gasteiger charge is 2.03. The smallest absolute Gasteiger partial charge is 0.121 e. The van der Waals surface area contributed by atoms with Crippen LogP contribution in [0.25, 0.3) is 21.8 Å². The second-order valence-electron chi connectivity index (χ2n) is 3.62. The lowest BCUT2D eigenvalue weighted by molar-refractivity contribution is 1.46. The molecule has 0 saturated carbocycles. The molecule has 1 heterocycles. The summed E-state index contributed by atoms with van der Waals surface area (Å²) in [6, 6.07) is 18.1. The van der Waals surface area contributed by atoms with Crippen LogP contribution in [0.5, 0.6) is 0 Å². The Kier molecular flexibility index (Phi) is 1.63. The molecule has 70 valence electrons. The standard InChI is InChI=1S/C14H9N/c1-10-11-6-2-4-8-13(11)15-14-9-5-3-7-12(10)14/h2-4,6-8H,1H3. The Morgan fingerprint density at radius 2 is 1.93 bits per heavy atom. The predicted molar refractivity (Wildman–Crippen MR) is 61.7 cm³/mol. The van der Waals surface area contributed by atoms with Crippen molar-refractivity contribution in [2.45, 2.75) is 6.92 Å². The van der Waals surface area contributed by atoms with Crippen LogP contribution < -0.4 is 0 Å². The second-order valence-corrected chi connectivity index (χ2v) is 3.62. The summed E-state index contributed by atoms with van der Waals surface area (Å²) in [7, 11) is 0. The zero-order chi connectivity index (χ0) is 10.3. The Labute approximate surface area is 88.4 Å². The number of fused-ring (bicyclic) bond motifs is 2. The Balaban J connectivity index is 2.60. The van der Waals surface area contributed by atoms with E-state index in [0.29, 0.717) is 0 Å². The number of pyridine rings is 1. The van der Waals surface area contributed by atoms with Crippen molar-refractivity contribution in [1.82, 2.24) is 4.98 Å². The minimum atomic E-state index is 0.897. The van der Waals surface area contributed by atoms with E-state index < -0.39 is 0 Å². The van der Waals surface area contributed by atoms with Crippen molar-refractivity contribution in [3.63, 3.8) is 0 Å². The Hall–Kier alpha value is -2.07. The monoisotopic (exact) mass is 191 g/mol. The lowest BCUT2D eigenvalue weighted by Gasteiger charge is -2.03. The minimum Gasteiger partial charge on any atom is -0.239 e. The summed E-state index contributed by atoms with van der Waals surface area (Å²) in [5.74, 6) is 0. The van der Waals surface area contributed by atoms with Gasteiger partial charge in [0, 0.05) is 10.8 Å².